The van der Waals surface area contributed by atoms with Crippen LogP contribution in [0.25, 0.3) is 11.1 Å². The summed E-state index contributed by atoms with van der Waals surface area (Å²) in [6.07, 6.45) is 5.13. The number of benzene rings is 1. The fourth-order valence-corrected chi connectivity index (χ4v) is 4.27. The Bertz CT molecular complexity index is 827. The van der Waals surface area contributed by atoms with Gasteiger partial charge < -0.3 is 9.80 Å². The molecular formula is C19H25FN6O2. The molecule has 0 atom stereocenters. The molecule has 1 N–H and O–H groups in total. The van der Waals surface area contributed by atoms with Crippen LogP contribution in [0.15, 0.2) is 24.5 Å². The Labute approximate surface area is 163 Å². The molecule has 1 aromatic heterocycles. The first kappa shape index (κ1) is 18.8. The molecule has 150 valence electrons. The highest BCUT2D eigenvalue weighted by Crippen LogP contribution is 2.38. The zero-order valence-corrected chi connectivity index (χ0v) is 16.0. The number of nitro benzene ring substituents is 1. The molecule has 2 fully saturated rings. The molecule has 3 heterocycles. The van der Waals surface area contributed by atoms with Crippen LogP contribution in [-0.2, 0) is 0 Å². The van der Waals surface area contributed by atoms with E-state index in [0.29, 0.717) is 22.9 Å². The van der Waals surface area contributed by atoms with Gasteiger partial charge in [-0.2, -0.15) is 5.10 Å². The van der Waals surface area contributed by atoms with Crippen molar-refractivity contribution in [3.05, 3.63) is 40.5 Å². The molecule has 4 rings (SSSR count). The number of aromatic nitrogens is 2. The maximum absolute atomic E-state index is 14.9. The molecule has 0 spiro atoms. The quantitative estimate of drug-likeness (QED) is 0.640. The molecule has 0 aliphatic carbocycles. The van der Waals surface area contributed by atoms with E-state index in [1.807, 2.05) is 4.90 Å². The van der Waals surface area contributed by atoms with E-state index in [-0.39, 0.29) is 5.69 Å². The molecule has 0 radical (unpaired) electrons. The number of hydrogen-bond donors (Lipinski definition) is 1. The van der Waals surface area contributed by atoms with Crippen LogP contribution in [0, 0.1) is 15.9 Å². The number of piperazine rings is 1. The van der Waals surface area contributed by atoms with Gasteiger partial charge in [0.05, 0.1) is 22.9 Å². The zero-order chi connectivity index (χ0) is 19.7. The Morgan fingerprint density at radius 3 is 2.50 bits per heavy atom. The standard InChI is InChI=1S/C19H25FN6O2/c1-23-6-8-24(9-7-23)15-2-4-25(5-3-15)19-17(14-12-21-22-13-14)10-16(26(27)28)11-18(19)20/h10-13,15H,2-9H2,1H3,(H,21,22). The van der Waals surface area contributed by atoms with Crippen LogP contribution in [0.4, 0.5) is 15.8 Å². The summed E-state index contributed by atoms with van der Waals surface area (Å²) in [5, 5.41) is 17.8. The highest BCUT2D eigenvalue weighted by Gasteiger charge is 2.30. The molecule has 8 nitrogen and oxygen atoms in total. The van der Waals surface area contributed by atoms with Crippen LogP contribution in [-0.4, -0.2) is 77.3 Å². The van der Waals surface area contributed by atoms with Gasteiger partial charge in [-0.25, -0.2) is 4.39 Å². The summed E-state index contributed by atoms with van der Waals surface area (Å²) in [4.78, 5) is 17.5. The largest absolute Gasteiger partial charge is 0.369 e. The van der Waals surface area contributed by atoms with E-state index in [4.69, 9.17) is 0 Å². The summed E-state index contributed by atoms with van der Waals surface area (Å²) >= 11 is 0. The number of nitrogens with one attached hydrogen (secondary N) is 1. The summed E-state index contributed by atoms with van der Waals surface area (Å²) in [7, 11) is 2.15. The fraction of sp³-hybridized carbons (Fsp3) is 0.526. The zero-order valence-electron chi connectivity index (χ0n) is 16.0. The maximum Gasteiger partial charge on any atom is 0.273 e. The Morgan fingerprint density at radius 1 is 1.18 bits per heavy atom. The third-order valence-electron chi connectivity index (χ3n) is 5.90. The number of anilines is 1. The summed E-state index contributed by atoms with van der Waals surface area (Å²) in [6, 6.07) is 2.98. The normalized spacial score (nSPS) is 19.9. The van der Waals surface area contributed by atoms with Crippen molar-refractivity contribution in [3.8, 4) is 11.1 Å². The number of nitrogens with zero attached hydrogens (tertiary/aromatic N) is 5. The van der Waals surface area contributed by atoms with Crippen LogP contribution in [0.3, 0.4) is 0 Å². The number of halogens is 1. The number of hydrogen-bond acceptors (Lipinski definition) is 6. The Hall–Kier alpha value is -2.52. The summed E-state index contributed by atoms with van der Waals surface area (Å²) in [5.74, 6) is -0.552. The minimum atomic E-state index is -0.559. The molecule has 0 bridgehead atoms. The highest BCUT2D eigenvalue weighted by molar-refractivity contribution is 5.80. The van der Waals surface area contributed by atoms with Gasteiger partial charge in [-0.1, -0.05) is 0 Å². The average molecular weight is 388 g/mol. The molecule has 2 aliphatic heterocycles. The molecule has 0 amide bonds. The first-order valence-electron chi connectivity index (χ1n) is 9.67. The van der Waals surface area contributed by atoms with Crippen molar-refractivity contribution in [1.82, 2.24) is 20.0 Å². The second-order valence-corrected chi connectivity index (χ2v) is 7.63. The fourth-order valence-electron chi connectivity index (χ4n) is 4.27. The van der Waals surface area contributed by atoms with Gasteiger partial charge in [-0.3, -0.25) is 20.1 Å². The second-order valence-electron chi connectivity index (χ2n) is 7.63. The van der Waals surface area contributed by atoms with Crippen LogP contribution >= 0.6 is 0 Å². The molecule has 28 heavy (non-hydrogen) atoms. The minimum Gasteiger partial charge on any atom is -0.369 e. The van der Waals surface area contributed by atoms with Crippen LogP contribution in [0.5, 0.6) is 0 Å². The van der Waals surface area contributed by atoms with Crippen molar-refractivity contribution in [2.75, 3.05) is 51.2 Å². The summed E-state index contributed by atoms with van der Waals surface area (Å²) in [5.41, 5.74) is 1.35. The summed E-state index contributed by atoms with van der Waals surface area (Å²) in [6.45, 7) is 5.79. The van der Waals surface area contributed by atoms with Gasteiger partial charge in [0.2, 0.25) is 0 Å². The third kappa shape index (κ3) is 3.72. The third-order valence-corrected chi connectivity index (χ3v) is 5.90. The molecule has 0 saturated carbocycles. The molecule has 2 saturated heterocycles. The van der Waals surface area contributed by atoms with Crippen LogP contribution in [0.2, 0.25) is 0 Å². The minimum absolute atomic E-state index is 0.246. The predicted molar refractivity (Wildman–Crippen MR) is 105 cm³/mol. The van der Waals surface area contributed by atoms with E-state index in [2.05, 4.69) is 27.0 Å². The highest BCUT2D eigenvalue weighted by atomic mass is 19.1. The van der Waals surface area contributed by atoms with Gasteiger partial charge in [-0.05, 0) is 19.9 Å². The van der Waals surface area contributed by atoms with Gasteiger partial charge >= 0.3 is 0 Å². The SMILES string of the molecule is CN1CCN(C2CCN(c3c(F)cc([N+](=O)[O-])cc3-c3cn[nH]c3)CC2)CC1. The smallest absolute Gasteiger partial charge is 0.273 e. The van der Waals surface area contributed by atoms with Crippen molar-refractivity contribution in [3.63, 3.8) is 0 Å². The van der Waals surface area contributed by atoms with Gasteiger partial charge in [0.25, 0.3) is 5.69 Å². The Kier molecular flexibility index (Phi) is 5.27. The first-order chi connectivity index (χ1) is 13.5. The van der Waals surface area contributed by atoms with E-state index < -0.39 is 10.7 Å². The molecule has 0 unspecified atom stereocenters. The van der Waals surface area contributed by atoms with Gasteiger partial charge in [0, 0.05) is 68.7 Å². The average Bonchev–Trinajstić information content (AvgIpc) is 3.23. The first-order valence-corrected chi connectivity index (χ1v) is 9.67. The van der Waals surface area contributed by atoms with Gasteiger partial charge in [0.1, 0.15) is 0 Å². The van der Waals surface area contributed by atoms with E-state index >= 15 is 0 Å². The topological polar surface area (TPSA) is 81.5 Å². The number of H-pyrrole nitrogens is 1. The molecule has 1 aromatic carbocycles. The van der Waals surface area contributed by atoms with Gasteiger partial charge in [0.15, 0.2) is 5.82 Å². The lowest BCUT2D eigenvalue weighted by Crippen LogP contribution is -2.52. The number of rotatable bonds is 4. The van der Waals surface area contributed by atoms with E-state index in [9.17, 15) is 14.5 Å². The van der Waals surface area contributed by atoms with Crippen LogP contribution < -0.4 is 4.90 Å². The van der Waals surface area contributed by atoms with Crippen molar-refractivity contribution < 1.29 is 9.31 Å². The Morgan fingerprint density at radius 2 is 1.89 bits per heavy atom. The molecule has 9 heteroatoms. The molecular weight excluding hydrogens is 363 g/mol. The lowest BCUT2D eigenvalue weighted by atomic mass is 9.98. The van der Waals surface area contributed by atoms with Crippen molar-refractivity contribution in [1.29, 1.82) is 0 Å². The number of likely N-dealkylation sites (N-methyl/N-ethyl adjacent to an activating group) is 1. The number of piperidine rings is 1. The van der Waals surface area contributed by atoms with E-state index in [0.717, 1.165) is 58.2 Å². The number of non-ortho nitro benzene ring substituents is 1. The van der Waals surface area contributed by atoms with Crippen molar-refractivity contribution in [2.45, 2.75) is 18.9 Å². The van der Waals surface area contributed by atoms with Crippen molar-refractivity contribution in [2.24, 2.45) is 0 Å². The lowest BCUT2D eigenvalue weighted by Gasteiger charge is -2.43. The predicted octanol–water partition coefficient (Wildman–Crippen LogP) is 2.34. The Balaban J connectivity index is 1.55. The summed E-state index contributed by atoms with van der Waals surface area (Å²) < 4.78 is 14.9. The van der Waals surface area contributed by atoms with Gasteiger partial charge in [-0.15, -0.1) is 0 Å². The molecule has 2 aromatic rings. The monoisotopic (exact) mass is 388 g/mol. The van der Waals surface area contributed by atoms with Crippen LogP contribution in [0.1, 0.15) is 12.8 Å². The lowest BCUT2D eigenvalue weighted by molar-refractivity contribution is -0.385. The number of aromatic amines is 1. The van der Waals surface area contributed by atoms with Crippen molar-refractivity contribution >= 4 is 11.4 Å². The second kappa shape index (κ2) is 7.84. The maximum atomic E-state index is 14.9. The van der Waals surface area contributed by atoms with E-state index in [1.54, 1.807) is 12.4 Å². The molecule has 2 aliphatic rings. The van der Waals surface area contributed by atoms with E-state index in [1.165, 1.54) is 6.07 Å². The number of nitro groups is 1.